The third-order valence-electron chi connectivity index (χ3n) is 4.28. The fraction of sp³-hybridized carbons (Fsp3) is 0.333. The molecule has 178 valence electrons. The third kappa shape index (κ3) is 6.01. The van der Waals surface area contributed by atoms with Gasteiger partial charge in [-0.15, -0.1) is 0 Å². The molecule has 0 radical (unpaired) electrons. The van der Waals surface area contributed by atoms with E-state index >= 15 is 0 Å². The minimum Gasteiger partial charge on any atom is -0.394 e. The summed E-state index contributed by atoms with van der Waals surface area (Å²) in [4.78, 5) is 47.9. The van der Waals surface area contributed by atoms with Gasteiger partial charge >= 0.3 is 7.82 Å². The van der Waals surface area contributed by atoms with Crippen LogP contribution in [0.5, 0.6) is 0 Å². The summed E-state index contributed by atoms with van der Waals surface area (Å²) in [6, 6.07) is 0. The molecule has 1 aliphatic rings. The molecule has 4 atom stereocenters. The highest BCUT2D eigenvalue weighted by Crippen LogP contribution is 2.31. The zero-order valence-electron chi connectivity index (χ0n) is 16.6. The molecular formula is C15H20N9O8P. The molecule has 0 unspecified atom stereocenters. The van der Waals surface area contributed by atoms with Gasteiger partial charge in [0.05, 0.1) is 25.5 Å². The van der Waals surface area contributed by atoms with Gasteiger partial charge in [0.1, 0.15) is 42.0 Å². The highest BCUT2D eigenvalue weighted by atomic mass is 31.2. The second-order valence-electron chi connectivity index (χ2n) is 6.49. The number of phosphoric acid groups is 1. The van der Waals surface area contributed by atoms with E-state index < -0.39 is 39.0 Å². The van der Waals surface area contributed by atoms with E-state index in [-0.39, 0.29) is 5.82 Å². The van der Waals surface area contributed by atoms with Crippen molar-refractivity contribution in [2.75, 3.05) is 12.3 Å². The fourth-order valence-corrected chi connectivity index (χ4v) is 2.86. The normalized spacial score (nSPS) is 22.5. The maximum Gasteiger partial charge on any atom is 0.466 e. The number of nitrogens with one attached hydrogen (secondary N) is 1. The van der Waals surface area contributed by atoms with E-state index in [0.29, 0.717) is 16.8 Å². The van der Waals surface area contributed by atoms with Crippen molar-refractivity contribution in [2.45, 2.75) is 24.5 Å². The summed E-state index contributed by atoms with van der Waals surface area (Å²) in [6.07, 6.45) is 3.34. The number of aliphatic hydroxyl groups is 3. The van der Waals surface area contributed by atoms with Gasteiger partial charge < -0.3 is 45.5 Å². The number of anilines is 1. The topological polar surface area (TPSA) is 272 Å². The molecule has 5 rings (SSSR count). The van der Waals surface area contributed by atoms with E-state index in [1.807, 2.05) is 0 Å². The smallest absolute Gasteiger partial charge is 0.394 e. The summed E-state index contributed by atoms with van der Waals surface area (Å²) in [6.45, 7) is -0.390. The summed E-state index contributed by atoms with van der Waals surface area (Å²) < 4.78 is 15.7. The Hall–Kier alpha value is -3.15. The van der Waals surface area contributed by atoms with Gasteiger partial charge in [-0.05, 0) is 0 Å². The maximum absolute atomic E-state index is 9.95. The third-order valence-corrected chi connectivity index (χ3v) is 4.28. The fourth-order valence-electron chi connectivity index (χ4n) is 2.86. The SMILES string of the molecule is Nc1ncnc2c1ncn2[C@@H]1O[C@H](CO)[C@@H](O)[C@H]1O.O=P(O)(O)O.c1ncc2[nH]cnc2n1. The molecule has 1 saturated heterocycles. The van der Waals surface area contributed by atoms with Crippen LogP contribution < -0.4 is 5.73 Å². The molecule has 1 aliphatic heterocycles. The van der Waals surface area contributed by atoms with Crippen molar-refractivity contribution in [2.24, 2.45) is 0 Å². The maximum atomic E-state index is 9.95. The van der Waals surface area contributed by atoms with Crippen molar-refractivity contribution >= 4 is 36.0 Å². The van der Waals surface area contributed by atoms with Crippen molar-refractivity contribution in [1.82, 2.24) is 39.5 Å². The lowest BCUT2D eigenvalue weighted by Crippen LogP contribution is -2.33. The lowest BCUT2D eigenvalue weighted by Gasteiger charge is -2.16. The van der Waals surface area contributed by atoms with E-state index in [1.165, 1.54) is 23.5 Å². The second-order valence-corrected chi connectivity index (χ2v) is 7.51. The molecule has 17 nitrogen and oxygen atoms in total. The van der Waals surface area contributed by atoms with Gasteiger partial charge in [-0.25, -0.2) is 34.5 Å². The molecule has 5 heterocycles. The summed E-state index contributed by atoms with van der Waals surface area (Å²) in [5.41, 5.74) is 8.03. The molecule has 0 saturated carbocycles. The highest BCUT2D eigenvalue weighted by Gasteiger charge is 2.43. The van der Waals surface area contributed by atoms with Crippen molar-refractivity contribution in [3.05, 3.63) is 31.5 Å². The average molecular weight is 485 g/mol. The highest BCUT2D eigenvalue weighted by molar-refractivity contribution is 7.45. The molecule has 4 aromatic rings. The average Bonchev–Trinajstić information content (AvgIpc) is 3.46. The van der Waals surface area contributed by atoms with Crippen LogP contribution in [0, 0.1) is 0 Å². The number of aromatic nitrogens is 8. The standard InChI is InChI=1S/C10H13N5O4.C5H4N4.H3O4P/c11-8-5-9(13-2-12-8)15(3-14-5)10-7(18)6(17)4(1-16)19-10;1-4-5(8-2-6-1)9-3-7-4;1-5(2,3)4/h2-4,6-7,10,16-18H,1H2,(H2,11,12,13);1-3H,(H,6,7,8,9);(H3,1,2,3,4)/t4-,6-,7-,10-;;/m1../s1. The summed E-state index contributed by atoms with van der Waals surface area (Å²) >= 11 is 0. The molecule has 0 bridgehead atoms. The molecule has 0 spiro atoms. The summed E-state index contributed by atoms with van der Waals surface area (Å²) in [5, 5.41) is 28.7. The largest absolute Gasteiger partial charge is 0.466 e. The number of imidazole rings is 2. The Labute approximate surface area is 183 Å². The molecule has 33 heavy (non-hydrogen) atoms. The van der Waals surface area contributed by atoms with Crippen molar-refractivity contribution in [3.8, 4) is 0 Å². The van der Waals surface area contributed by atoms with E-state index in [4.69, 9.17) is 34.8 Å². The van der Waals surface area contributed by atoms with Gasteiger partial charge in [0.15, 0.2) is 23.3 Å². The van der Waals surface area contributed by atoms with Crippen LogP contribution in [0.15, 0.2) is 31.5 Å². The lowest BCUT2D eigenvalue weighted by atomic mass is 10.1. The molecule has 0 amide bonds. The van der Waals surface area contributed by atoms with E-state index in [0.717, 1.165) is 5.52 Å². The number of hydrogen-bond donors (Lipinski definition) is 8. The van der Waals surface area contributed by atoms with Crippen LogP contribution in [-0.2, 0) is 9.30 Å². The predicted octanol–water partition coefficient (Wildman–Crippen LogP) is -2.56. The van der Waals surface area contributed by atoms with Gasteiger partial charge in [-0.2, -0.15) is 0 Å². The van der Waals surface area contributed by atoms with Gasteiger partial charge in [0, 0.05) is 0 Å². The van der Waals surface area contributed by atoms with E-state index in [9.17, 15) is 10.2 Å². The van der Waals surface area contributed by atoms with Crippen LogP contribution >= 0.6 is 7.82 Å². The zero-order valence-corrected chi connectivity index (χ0v) is 17.5. The number of nitrogen functional groups attached to an aromatic ring is 1. The number of aromatic amines is 1. The number of nitrogens with two attached hydrogens (primary N) is 1. The molecule has 9 N–H and O–H groups in total. The Morgan fingerprint density at radius 3 is 2.45 bits per heavy atom. The minimum absolute atomic E-state index is 0.218. The molecule has 0 aliphatic carbocycles. The first-order valence-corrected chi connectivity index (χ1v) is 10.6. The first-order valence-electron chi connectivity index (χ1n) is 9.03. The van der Waals surface area contributed by atoms with Gasteiger partial charge in [-0.3, -0.25) is 4.57 Å². The number of fused-ring (bicyclic) bond motifs is 2. The molecular weight excluding hydrogens is 465 g/mol. The summed E-state index contributed by atoms with van der Waals surface area (Å²) in [5.74, 6) is 0.218. The second kappa shape index (κ2) is 10.2. The summed E-state index contributed by atoms with van der Waals surface area (Å²) in [7, 11) is -4.64. The first-order chi connectivity index (χ1) is 15.6. The van der Waals surface area contributed by atoms with Crippen LogP contribution in [0.25, 0.3) is 22.3 Å². The van der Waals surface area contributed by atoms with Crippen molar-refractivity contribution in [3.63, 3.8) is 0 Å². The number of aliphatic hydroxyl groups excluding tert-OH is 3. The monoisotopic (exact) mass is 485 g/mol. The van der Waals surface area contributed by atoms with Crippen LogP contribution in [0.3, 0.4) is 0 Å². The van der Waals surface area contributed by atoms with E-state index in [1.54, 1.807) is 12.5 Å². The Kier molecular flexibility index (Phi) is 7.57. The predicted molar refractivity (Wildman–Crippen MR) is 109 cm³/mol. The van der Waals surface area contributed by atoms with Crippen LogP contribution in [0.4, 0.5) is 5.82 Å². The molecule has 0 aromatic carbocycles. The van der Waals surface area contributed by atoms with E-state index in [2.05, 4.69) is 34.9 Å². The van der Waals surface area contributed by atoms with Gasteiger partial charge in [0.2, 0.25) is 0 Å². The Balaban J connectivity index is 0.000000180. The Morgan fingerprint density at radius 1 is 1.09 bits per heavy atom. The zero-order chi connectivity index (χ0) is 24.2. The Bertz CT molecular complexity index is 1210. The molecule has 18 heteroatoms. The lowest BCUT2D eigenvalue weighted by molar-refractivity contribution is -0.0511. The molecule has 4 aromatic heterocycles. The Morgan fingerprint density at radius 2 is 1.82 bits per heavy atom. The van der Waals surface area contributed by atoms with Crippen molar-refractivity contribution in [1.29, 1.82) is 0 Å². The van der Waals surface area contributed by atoms with Gasteiger partial charge in [-0.1, -0.05) is 0 Å². The van der Waals surface area contributed by atoms with Crippen LogP contribution in [0.2, 0.25) is 0 Å². The number of ether oxygens (including phenoxy) is 1. The number of nitrogens with zero attached hydrogens (tertiary/aromatic N) is 7. The van der Waals surface area contributed by atoms with Crippen molar-refractivity contribution < 1.29 is 39.3 Å². The minimum atomic E-state index is -4.64. The quantitative estimate of drug-likeness (QED) is 0.136. The van der Waals surface area contributed by atoms with Crippen LogP contribution in [-0.4, -0.2) is 94.4 Å². The van der Waals surface area contributed by atoms with Gasteiger partial charge in [0.25, 0.3) is 0 Å². The number of H-pyrrole nitrogens is 1. The van der Waals surface area contributed by atoms with Crippen LogP contribution in [0.1, 0.15) is 6.23 Å². The molecule has 1 fully saturated rings. The first kappa shape index (κ1) is 24.5. The number of hydrogen-bond acceptors (Lipinski definition) is 12. The number of rotatable bonds is 2.